The Labute approximate surface area is 534 Å². The Balaban J connectivity index is 0.000000217. The second-order valence-electron chi connectivity index (χ2n) is 32.3. The average molecular weight is 1240 g/mol. The first-order valence-electron chi connectivity index (χ1n) is 34.7. The van der Waals surface area contributed by atoms with Crippen LogP contribution in [-0.4, -0.2) is 84.4 Å². The number of hydrogen-bond acceptors (Lipinski definition) is 12. The fourth-order valence-corrected chi connectivity index (χ4v) is 20.5. The highest BCUT2D eigenvalue weighted by Gasteiger charge is 2.57. The Kier molecular flexibility index (Phi) is 29.0. The van der Waals surface area contributed by atoms with Crippen LogP contribution in [0.3, 0.4) is 0 Å². The Morgan fingerprint density at radius 3 is 1.07 bits per heavy atom. The molecule has 0 aromatic rings. The van der Waals surface area contributed by atoms with Crippen molar-refractivity contribution in [1.29, 1.82) is 0 Å². The molecular weight excluding hydrogens is 1100 g/mol. The van der Waals surface area contributed by atoms with Crippen LogP contribution < -0.4 is 34.4 Å². The number of carboxylic acid groups (broad SMARTS) is 3. The van der Waals surface area contributed by atoms with E-state index in [-0.39, 0.29) is 69.4 Å². The molecule has 14 rings (SSSR count). The molecule has 14 saturated carbocycles. The summed E-state index contributed by atoms with van der Waals surface area (Å²) in [7, 11) is 0. The predicted octanol–water partition coefficient (Wildman–Crippen LogP) is 13.5. The average Bonchev–Trinajstić information content (AvgIpc) is 1.64. The summed E-state index contributed by atoms with van der Waals surface area (Å²) < 4.78 is 0. The number of carbonyl (C=O) groups is 4. The van der Waals surface area contributed by atoms with Gasteiger partial charge in [0.15, 0.2) is 0 Å². The highest BCUT2D eigenvalue weighted by atomic mass is 16.4. The first-order valence-corrected chi connectivity index (χ1v) is 34.7. The summed E-state index contributed by atoms with van der Waals surface area (Å²) in [5.74, 6) is 11.4. The summed E-state index contributed by atoms with van der Waals surface area (Å²) in [5, 5.41) is 26.5. The van der Waals surface area contributed by atoms with Crippen molar-refractivity contribution in [3.8, 4) is 0 Å². The molecule has 0 amide bonds. The largest absolute Gasteiger partial charge is 0.481 e. The van der Waals surface area contributed by atoms with E-state index in [2.05, 4.69) is 27.7 Å². The van der Waals surface area contributed by atoms with Crippen LogP contribution in [0.2, 0.25) is 0 Å². The van der Waals surface area contributed by atoms with Crippen molar-refractivity contribution in [3.05, 3.63) is 0 Å². The van der Waals surface area contributed by atoms with Gasteiger partial charge in [-0.2, -0.15) is 9.59 Å². The van der Waals surface area contributed by atoms with E-state index >= 15 is 0 Å². The van der Waals surface area contributed by atoms with Gasteiger partial charge in [-0.25, -0.2) is 0 Å². The molecule has 0 aromatic carbocycles. The summed E-state index contributed by atoms with van der Waals surface area (Å²) in [6.45, 7) is 15.3. The van der Waals surface area contributed by atoms with Gasteiger partial charge in [-0.1, -0.05) is 69.2 Å². The van der Waals surface area contributed by atoms with Crippen LogP contribution >= 0.6 is 0 Å². The van der Waals surface area contributed by atoms with Crippen molar-refractivity contribution in [1.82, 2.24) is 0 Å². The summed E-state index contributed by atoms with van der Waals surface area (Å²) in [6.07, 6.45) is 39.9. The molecule has 15 nitrogen and oxygen atoms in total. The minimum absolute atomic E-state index is 0. The summed E-state index contributed by atoms with van der Waals surface area (Å²) >= 11 is 0. The zero-order chi connectivity index (χ0) is 62.2. The zero-order valence-corrected chi connectivity index (χ0v) is 53.9. The summed E-state index contributed by atoms with van der Waals surface area (Å²) in [5.41, 5.74) is 36.5. The molecule has 13 unspecified atom stereocenters. The number of carboxylic acids is 3. The van der Waals surface area contributed by atoms with E-state index in [9.17, 15) is 19.2 Å². The lowest BCUT2D eigenvalue weighted by Crippen LogP contribution is -2.37. The van der Waals surface area contributed by atoms with Crippen LogP contribution in [-0.2, 0) is 28.8 Å². The molecule has 0 radical (unpaired) electrons. The normalized spacial score (nSPS) is 41.7. The topological polar surface area (TPSA) is 319 Å². The van der Waals surface area contributed by atoms with Crippen LogP contribution in [0.1, 0.15) is 269 Å². The van der Waals surface area contributed by atoms with E-state index in [4.69, 9.17) is 59.3 Å². The van der Waals surface area contributed by atoms with E-state index in [1.54, 1.807) is 19.8 Å². The lowest BCUT2D eigenvalue weighted by Gasteiger charge is -2.34. The third kappa shape index (κ3) is 19.2. The first kappa shape index (κ1) is 77.7. The van der Waals surface area contributed by atoms with Gasteiger partial charge in [0.1, 0.15) is 5.78 Å². The number of Topliss-reactive ketones (excluding diaryl/α,β-unsaturated/α-hetero) is 1. The molecule has 0 heterocycles. The van der Waals surface area contributed by atoms with Gasteiger partial charge < -0.3 is 54.5 Å². The lowest BCUT2D eigenvalue weighted by atomic mass is 9.71. The maximum atomic E-state index is 11.1. The number of aliphatic carboxylic acids is 3. The Morgan fingerprint density at radius 2 is 0.750 bits per heavy atom. The van der Waals surface area contributed by atoms with E-state index in [1.165, 1.54) is 141 Å². The number of nitrogens with two attached hydrogens (primary N) is 6. The van der Waals surface area contributed by atoms with Gasteiger partial charge in [-0.05, 0) is 334 Å². The maximum absolute atomic E-state index is 11.1. The van der Waals surface area contributed by atoms with Crippen LogP contribution in [0.5, 0.6) is 0 Å². The number of hydrogen-bond donors (Lipinski definition) is 9. The molecule has 15 heteroatoms. The number of carbonyl (C=O) groups excluding carboxylic acids is 3. The SMILES string of the molecule is C.C.C.CC(=O)CC1(CN)C[C@H]2CC[C@H]2C1.CCC1(C)C[C@H]2CC[C@H]2C1.CCC1(CN)CC2CC2C1.CCC1(CN)CCC2CC21.NCC1(CC(=O)O)CCC2CC2C1.NCC1(CC(=O)O)CCCC2CC21.NCC1(CC(=O)O)C[C@H]2CC[C@@H]2C1.O=C=O. The summed E-state index contributed by atoms with van der Waals surface area (Å²) in [4.78, 5) is 59.5. The van der Waals surface area contributed by atoms with Gasteiger partial charge in [0, 0.05) is 6.42 Å². The third-order valence-corrected chi connectivity index (χ3v) is 27.0. The summed E-state index contributed by atoms with van der Waals surface area (Å²) in [6, 6.07) is 0. The molecule has 14 aliphatic rings. The Morgan fingerprint density at radius 1 is 0.386 bits per heavy atom. The molecule has 14 aliphatic carbocycles. The van der Waals surface area contributed by atoms with Gasteiger partial charge in [-0.15, -0.1) is 0 Å². The number of rotatable bonds is 17. The molecule has 0 spiro atoms. The molecular formula is C73H134N6O9. The second kappa shape index (κ2) is 32.9. The van der Waals surface area contributed by atoms with E-state index < -0.39 is 17.9 Å². The highest BCUT2D eigenvalue weighted by molar-refractivity contribution is 5.76. The molecule has 0 bridgehead atoms. The molecule has 510 valence electrons. The van der Waals surface area contributed by atoms with Gasteiger partial charge in [0.05, 0.1) is 19.3 Å². The van der Waals surface area contributed by atoms with Crippen molar-refractivity contribution in [2.75, 3.05) is 39.3 Å². The molecule has 0 aliphatic heterocycles. The monoisotopic (exact) mass is 1240 g/mol. The number of ketones is 1. The smallest absolute Gasteiger partial charge is 0.373 e. The quantitative estimate of drug-likeness (QED) is 0.0654. The van der Waals surface area contributed by atoms with Crippen molar-refractivity contribution >= 4 is 29.8 Å². The van der Waals surface area contributed by atoms with E-state index in [1.807, 2.05) is 0 Å². The van der Waals surface area contributed by atoms with Crippen LogP contribution in [0.25, 0.3) is 0 Å². The van der Waals surface area contributed by atoms with Crippen molar-refractivity contribution in [2.24, 2.45) is 155 Å². The van der Waals surface area contributed by atoms with Crippen molar-refractivity contribution in [2.45, 2.75) is 269 Å². The molecule has 14 fully saturated rings. The van der Waals surface area contributed by atoms with Gasteiger partial charge >= 0.3 is 24.1 Å². The van der Waals surface area contributed by atoms with Crippen molar-refractivity contribution < 1.29 is 44.1 Å². The van der Waals surface area contributed by atoms with Gasteiger partial charge in [-0.3, -0.25) is 14.4 Å². The Hall–Kier alpha value is -2.78. The van der Waals surface area contributed by atoms with Crippen LogP contribution in [0.15, 0.2) is 0 Å². The van der Waals surface area contributed by atoms with Gasteiger partial charge in [0.2, 0.25) is 0 Å². The molecule has 19 atom stereocenters. The van der Waals surface area contributed by atoms with Crippen molar-refractivity contribution in [3.63, 3.8) is 0 Å². The zero-order valence-electron chi connectivity index (χ0n) is 53.9. The van der Waals surface area contributed by atoms with E-state index in [0.29, 0.717) is 48.7 Å². The molecule has 88 heavy (non-hydrogen) atoms. The van der Waals surface area contributed by atoms with E-state index in [0.717, 1.165) is 134 Å². The fraction of sp³-hybridized carbons (Fsp3) is 0.932. The minimum Gasteiger partial charge on any atom is -0.481 e. The first-order chi connectivity index (χ1) is 40.4. The standard InChI is InChI=1S/C11H19NO.3C10H17NO2.C10H18.2C9H17N.CO2.3CH4/c1-8(13)4-11(7-12)5-9-2-3-10(9)6-11;11-6-10(5-9(12)13)2-1-7-3-8(7)4-10;11-6-10(5-9(12)13)3-7-1-2-8(7)4-10;11-6-10(5-9(12)13)3-1-2-7-4-8(7)10;1-3-10(2)6-8-4-5-9(8)7-10;1-2-9(6-10)4-7-3-8(7)5-9;1-2-9(6-10)4-3-7-5-8(7)9;2-1-3;;;/h9-10H,2-7,12H2,1H3;3*7-8H,1-6,11H2,(H,12,13);8-9H,3-7H2,1-2H3;2*7-8H,2-6,10H2,1H3;;3*1H4/t9-,10+,11?;;7-,8-;;8-,9+,10?;;;;;;/m..1......../s1. The highest BCUT2D eigenvalue weighted by Crippen LogP contribution is 2.64. The van der Waals surface area contributed by atoms with Crippen LogP contribution in [0.4, 0.5) is 0 Å². The molecule has 0 aromatic heterocycles. The fourth-order valence-electron chi connectivity index (χ4n) is 20.5. The van der Waals surface area contributed by atoms with Gasteiger partial charge in [0.25, 0.3) is 0 Å². The third-order valence-electron chi connectivity index (χ3n) is 27.0. The lowest BCUT2D eigenvalue weighted by molar-refractivity contribution is -0.191. The Bertz CT molecular complexity index is 2120. The minimum atomic E-state index is -0.690. The molecule has 0 saturated heterocycles. The molecule has 15 N–H and O–H groups in total. The number of fused-ring (bicyclic) bond motifs is 7. The van der Waals surface area contributed by atoms with Crippen LogP contribution in [0, 0.1) is 121 Å². The maximum Gasteiger partial charge on any atom is 0.373 e. The second-order valence-corrected chi connectivity index (χ2v) is 32.3. The predicted molar refractivity (Wildman–Crippen MR) is 354 cm³/mol.